The summed E-state index contributed by atoms with van der Waals surface area (Å²) < 4.78 is 5.83. The first kappa shape index (κ1) is 21.2. The third-order valence-electron chi connectivity index (χ3n) is 4.62. The zero-order chi connectivity index (χ0) is 19.3. The zero-order valence-electron chi connectivity index (χ0n) is 16.0. The number of halogens is 1. The monoisotopic (exact) mass is 384 g/mol. The highest BCUT2D eigenvalue weighted by atomic mass is 35.5. The molecule has 0 unspecified atom stereocenters. The Hall–Kier alpha value is -2.06. The topological polar surface area (TPSA) is 26.3 Å². The van der Waals surface area contributed by atoms with E-state index < -0.39 is 5.24 Å². The van der Waals surface area contributed by atoms with Crippen LogP contribution < -0.4 is 4.74 Å². The lowest BCUT2D eigenvalue weighted by molar-refractivity contribution is 0.108. The number of hydrogen-bond acceptors (Lipinski definition) is 2. The number of carbonyl (C=O) groups excluding carboxylic acids is 1. The third-order valence-corrected chi connectivity index (χ3v) is 4.84. The molecule has 0 bridgehead atoms. The van der Waals surface area contributed by atoms with Crippen molar-refractivity contribution in [3.05, 3.63) is 66.7 Å². The maximum atomic E-state index is 11.1. The van der Waals surface area contributed by atoms with E-state index >= 15 is 0 Å². The van der Waals surface area contributed by atoms with Gasteiger partial charge in [0.05, 0.1) is 6.61 Å². The van der Waals surface area contributed by atoms with Crippen LogP contribution in [0.2, 0.25) is 0 Å². The summed E-state index contributed by atoms with van der Waals surface area (Å²) in [6.07, 6.45) is 12.0. The van der Waals surface area contributed by atoms with Gasteiger partial charge in [-0.1, -0.05) is 62.4 Å². The SMILES string of the molecule is C=CCCCCCCCCCOc1ccc(-c2ccc(C(=O)Cl)cc2)cc1. The number of ether oxygens (including phenoxy) is 1. The van der Waals surface area contributed by atoms with Crippen LogP contribution >= 0.6 is 11.6 Å². The van der Waals surface area contributed by atoms with Crippen LogP contribution in [0.1, 0.15) is 61.7 Å². The lowest BCUT2D eigenvalue weighted by Crippen LogP contribution is -1.97. The van der Waals surface area contributed by atoms with Gasteiger partial charge in [0.1, 0.15) is 5.75 Å². The minimum Gasteiger partial charge on any atom is -0.494 e. The summed E-state index contributed by atoms with van der Waals surface area (Å²) in [6.45, 7) is 4.52. The second-order valence-corrected chi connectivity index (χ2v) is 7.12. The number of hydrogen-bond donors (Lipinski definition) is 0. The van der Waals surface area contributed by atoms with E-state index in [-0.39, 0.29) is 0 Å². The highest BCUT2D eigenvalue weighted by Gasteiger charge is 2.03. The maximum absolute atomic E-state index is 11.1. The van der Waals surface area contributed by atoms with Crippen LogP contribution in [-0.2, 0) is 0 Å². The summed E-state index contributed by atoms with van der Waals surface area (Å²) in [4.78, 5) is 11.1. The van der Waals surface area contributed by atoms with Crippen LogP contribution in [0.4, 0.5) is 0 Å². The molecular formula is C24H29ClO2. The molecule has 0 saturated carbocycles. The predicted octanol–water partition coefficient (Wildman–Crippen LogP) is 7.42. The van der Waals surface area contributed by atoms with Gasteiger partial charge in [-0.15, -0.1) is 6.58 Å². The van der Waals surface area contributed by atoms with Crippen molar-refractivity contribution in [1.29, 1.82) is 0 Å². The molecule has 0 aliphatic carbocycles. The molecule has 2 aromatic rings. The molecule has 0 amide bonds. The van der Waals surface area contributed by atoms with E-state index in [2.05, 4.69) is 6.58 Å². The normalized spacial score (nSPS) is 10.6. The molecule has 0 radical (unpaired) electrons. The summed E-state index contributed by atoms with van der Waals surface area (Å²) in [6, 6.07) is 15.4. The van der Waals surface area contributed by atoms with Crippen molar-refractivity contribution < 1.29 is 9.53 Å². The molecule has 0 aliphatic heterocycles. The fraction of sp³-hybridized carbons (Fsp3) is 0.375. The molecule has 0 saturated heterocycles. The highest BCUT2D eigenvalue weighted by Crippen LogP contribution is 2.23. The van der Waals surface area contributed by atoms with Gasteiger partial charge in [0, 0.05) is 5.56 Å². The Labute approximate surface area is 168 Å². The molecule has 0 aromatic heterocycles. The third kappa shape index (κ3) is 8.01. The molecule has 3 heteroatoms. The number of allylic oxidation sites excluding steroid dienone is 1. The Morgan fingerprint density at radius 1 is 0.815 bits per heavy atom. The number of carbonyl (C=O) groups is 1. The molecule has 144 valence electrons. The van der Waals surface area contributed by atoms with Gasteiger partial charge < -0.3 is 4.74 Å². The lowest BCUT2D eigenvalue weighted by atomic mass is 10.0. The molecule has 2 nitrogen and oxygen atoms in total. The quantitative estimate of drug-likeness (QED) is 0.204. The van der Waals surface area contributed by atoms with E-state index in [1.165, 1.54) is 38.5 Å². The zero-order valence-corrected chi connectivity index (χ0v) is 16.7. The Morgan fingerprint density at radius 3 is 1.89 bits per heavy atom. The molecule has 0 fully saturated rings. The van der Waals surface area contributed by atoms with Gasteiger partial charge in [0.2, 0.25) is 0 Å². The Kier molecular flexibility index (Phi) is 9.72. The van der Waals surface area contributed by atoms with Gasteiger partial charge in [-0.2, -0.15) is 0 Å². The Morgan fingerprint density at radius 2 is 1.33 bits per heavy atom. The van der Waals surface area contributed by atoms with Gasteiger partial charge in [0.15, 0.2) is 0 Å². The second kappa shape index (κ2) is 12.3. The summed E-state index contributed by atoms with van der Waals surface area (Å²) >= 11 is 5.48. The minimum atomic E-state index is -0.432. The summed E-state index contributed by atoms with van der Waals surface area (Å²) in [7, 11) is 0. The summed E-state index contributed by atoms with van der Waals surface area (Å²) in [5.74, 6) is 0.899. The van der Waals surface area contributed by atoms with Crippen molar-refractivity contribution in [2.45, 2.75) is 51.4 Å². The van der Waals surface area contributed by atoms with Gasteiger partial charge in [-0.3, -0.25) is 4.79 Å². The average molecular weight is 385 g/mol. The fourth-order valence-electron chi connectivity index (χ4n) is 3.00. The molecule has 0 aliphatic rings. The van der Waals surface area contributed by atoms with Gasteiger partial charge in [0.25, 0.3) is 5.24 Å². The van der Waals surface area contributed by atoms with E-state index in [1.807, 2.05) is 42.5 Å². The van der Waals surface area contributed by atoms with E-state index in [4.69, 9.17) is 16.3 Å². The molecular weight excluding hydrogens is 356 g/mol. The van der Waals surface area contributed by atoms with E-state index in [0.717, 1.165) is 36.3 Å². The summed E-state index contributed by atoms with van der Waals surface area (Å²) in [5.41, 5.74) is 2.65. The number of benzene rings is 2. The molecule has 0 atom stereocenters. The van der Waals surface area contributed by atoms with E-state index in [1.54, 1.807) is 12.1 Å². The predicted molar refractivity (Wildman–Crippen MR) is 115 cm³/mol. The van der Waals surface area contributed by atoms with Gasteiger partial charge in [-0.25, -0.2) is 0 Å². The standard InChI is InChI=1S/C24H29ClO2/c1-2-3-4-5-6-7-8-9-10-19-27-23-17-15-21(16-18-23)20-11-13-22(14-12-20)24(25)26/h2,11-18H,1,3-10,19H2. The first-order valence-corrected chi connectivity index (χ1v) is 10.2. The smallest absolute Gasteiger partial charge is 0.252 e. The van der Waals surface area contributed by atoms with Crippen LogP contribution in [0, 0.1) is 0 Å². The van der Waals surface area contributed by atoms with Crippen molar-refractivity contribution in [2.75, 3.05) is 6.61 Å². The first-order chi connectivity index (χ1) is 13.2. The van der Waals surface area contributed by atoms with Crippen LogP contribution in [-0.4, -0.2) is 11.8 Å². The van der Waals surface area contributed by atoms with Crippen molar-refractivity contribution >= 4 is 16.8 Å². The van der Waals surface area contributed by atoms with Crippen molar-refractivity contribution in [3.63, 3.8) is 0 Å². The lowest BCUT2D eigenvalue weighted by Gasteiger charge is -2.08. The van der Waals surface area contributed by atoms with Gasteiger partial charge >= 0.3 is 0 Å². The van der Waals surface area contributed by atoms with Crippen LogP contribution in [0.3, 0.4) is 0 Å². The van der Waals surface area contributed by atoms with Crippen molar-refractivity contribution in [1.82, 2.24) is 0 Å². The molecule has 0 heterocycles. The Bertz CT molecular complexity index is 689. The first-order valence-electron chi connectivity index (χ1n) is 9.85. The van der Waals surface area contributed by atoms with Crippen molar-refractivity contribution in [3.8, 4) is 16.9 Å². The number of unbranched alkanes of at least 4 members (excludes halogenated alkanes) is 7. The van der Waals surface area contributed by atoms with Crippen molar-refractivity contribution in [2.24, 2.45) is 0 Å². The molecule has 0 N–H and O–H groups in total. The maximum Gasteiger partial charge on any atom is 0.252 e. The van der Waals surface area contributed by atoms with Crippen LogP contribution in [0.5, 0.6) is 5.75 Å². The largest absolute Gasteiger partial charge is 0.494 e. The highest BCUT2D eigenvalue weighted by molar-refractivity contribution is 6.67. The number of rotatable bonds is 13. The minimum absolute atomic E-state index is 0.432. The molecule has 27 heavy (non-hydrogen) atoms. The molecule has 0 spiro atoms. The molecule has 2 aromatic carbocycles. The van der Waals surface area contributed by atoms with E-state index in [9.17, 15) is 4.79 Å². The van der Waals surface area contributed by atoms with Crippen LogP contribution in [0.25, 0.3) is 11.1 Å². The van der Waals surface area contributed by atoms with Gasteiger partial charge in [-0.05, 0) is 66.3 Å². The average Bonchev–Trinajstić information content (AvgIpc) is 2.70. The second-order valence-electron chi connectivity index (χ2n) is 6.78. The van der Waals surface area contributed by atoms with Crippen LogP contribution in [0.15, 0.2) is 61.2 Å². The Balaban J connectivity index is 1.64. The summed E-state index contributed by atoms with van der Waals surface area (Å²) in [5, 5.41) is -0.432. The molecule has 2 rings (SSSR count). The fourth-order valence-corrected chi connectivity index (χ4v) is 3.13. The van der Waals surface area contributed by atoms with E-state index in [0.29, 0.717) is 5.56 Å².